The van der Waals surface area contributed by atoms with Crippen molar-refractivity contribution >= 4 is 11.9 Å². The fourth-order valence-corrected chi connectivity index (χ4v) is 5.72. The van der Waals surface area contributed by atoms with Crippen molar-refractivity contribution in [3.63, 3.8) is 0 Å². The van der Waals surface area contributed by atoms with Gasteiger partial charge in [0, 0.05) is 17.6 Å². The molecule has 1 saturated heterocycles. The van der Waals surface area contributed by atoms with E-state index in [2.05, 4.69) is 19.9 Å². The van der Waals surface area contributed by atoms with Crippen LogP contribution in [-0.4, -0.2) is 46.6 Å². The molecule has 0 aromatic heterocycles. The van der Waals surface area contributed by atoms with E-state index >= 15 is 0 Å². The molecule has 3 aliphatic rings. The second-order valence-corrected chi connectivity index (χ2v) is 9.63. The van der Waals surface area contributed by atoms with Crippen molar-refractivity contribution in [3.05, 3.63) is 59.8 Å². The summed E-state index contributed by atoms with van der Waals surface area (Å²) in [5, 5.41) is 21.0. The van der Waals surface area contributed by atoms with E-state index in [0.717, 1.165) is 18.1 Å². The smallest absolute Gasteiger partial charge is 0.333 e. The molecule has 0 spiro atoms. The number of carbonyl (C=O) groups excluding carboxylic acids is 1. The number of aliphatic hydroxyl groups is 1. The van der Waals surface area contributed by atoms with E-state index in [-0.39, 0.29) is 29.8 Å². The number of hydrogen-bond donors (Lipinski definition) is 2. The molecule has 0 radical (unpaired) electrons. The third kappa shape index (κ3) is 4.64. The summed E-state index contributed by atoms with van der Waals surface area (Å²) >= 11 is 0. The van der Waals surface area contributed by atoms with Crippen LogP contribution in [0.25, 0.3) is 0 Å². The Hall–Kier alpha value is -2.44. The van der Waals surface area contributed by atoms with Gasteiger partial charge in [0.2, 0.25) is 0 Å². The molecule has 0 aromatic rings. The highest BCUT2D eigenvalue weighted by Gasteiger charge is 2.70. The molecule has 6 nitrogen and oxygen atoms in total. The standard InChI is InChI=1S/C27H36O6/c1-6-17(2)24-26(4,33-24)27(31)18(3)15-20-16-19(25(30)32-5)13-14-21(20)22(27)11-9-7-8-10-12-23(28)29/h7-13,15,17,20-22,24,31H,6,14,16H2,1-5H3,(H,28,29). The highest BCUT2D eigenvalue weighted by molar-refractivity contribution is 5.88. The second-order valence-electron chi connectivity index (χ2n) is 9.63. The van der Waals surface area contributed by atoms with Gasteiger partial charge < -0.3 is 19.7 Å². The summed E-state index contributed by atoms with van der Waals surface area (Å²) < 4.78 is 11.2. The quantitative estimate of drug-likeness (QED) is 0.185. The average molecular weight is 457 g/mol. The van der Waals surface area contributed by atoms with Crippen LogP contribution in [0, 0.1) is 23.7 Å². The van der Waals surface area contributed by atoms with Crippen LogP contribution in [0.2, 0.25) is 0 Å². The fraction of sp³-hybridized carbons (Fsp3) is 0.556. The molecule has 1 heterocycles. The maximum Gasteiger partial charge on any atom is 0.333 e. The lowest BCUT2D eigenvalue weighted by Crippen LogP contribution is -2.57. The minimum Gasteiger partial charge on any atom is -0.478 e. The Labute approximate surface area is 196 Å². The van der Waals surface area contributed by atoms with Gasteiger partial charge in [-0.2, -0.15) is 0 Å². The first-order chi connectivity index (χ1) is 15.6. The van der Waals surface area contributed by atoms with E-state index < -0.39 is 17.2 Å². The summed E-state index contributed by atoms with van der Waals surface area (Å²) in [6, 6.07) is 0. The van der Waals surface area contributed by atoms with Crippen molar-refractivity contribution in [1.82, 2.24) is 0 Å². The van der Waals surface area contributed by atoms with Crippen LogP contribution in [0.5, 0.6) is 0 Å². The van der Waals surface area contributed by atoms with Crippen LogP contribution in [0.15, 0.2) is 59.8 Å². The van der Waals surface area contributed by atoms with Gasteiger partial charge in [0.1, 0.15) is 11.2 Å². The first-order valence-electron chi connectivity index (χ1n) is 11.7. The molecule has 1 aliphatic heterocycles. The SMILES string of the molecule is CCC(C)C1OC1(C)C1(O)C(C)=CC2CC(C(=O)OC)=CCC2C1C=CC=CC=CC(=O)O. The maximum absolute atomic E-state index is 12.3. The Balaban J connectivity index is 1.97. The number of carboxylic acids is 1. The predicted octanol–water partition coefficient (Wildman–Crippen LogP) is 4.38. The number of aliphatic carboxylic acids is 1. The van der Waals surface area contributed by atoms with E-state index in [1.807, 2.05) is 32.1 Å². The second kappa shape index (κ2) is 9.82. The highest BCUT2D eigenvalue weighted by atomic mass is 16.6. The van der Waals surface area contributed by atoms with Crippen LogP contribution < -0.4 is 0 Å². The van der Waals surface area contributed by atoms with Gasteiger partial charge in [-0.05, 0) is 50.0 Å². The van der Waals surface area contributed by atoms with Gasteiger partial charge in [0.25, 0.3) is 0 Å². The molecule has 0 bridgehead atoms. The summed E-state index contributed by atoms with van der Waals surface area (Å²) in [4.78, 5) is 22.8. The summed E-state index contributed by atoms with van der Waals surface area (Å²) in [6.45, 7) is 8.24. The molecule has 2 aliphatic carbocycles. The summed E-state index contributed by atoms with van der Waals surface area (Å²) in [6.07, 6.45) is 16.1. The Bertz CT molecular complexity index is 925. The molecular formula is C27H36O6. The van der Waals surface area contributed by atoms with Crippen LogP contribution >= 0.6 is 0 Å². The molecular weight excluding hydrogens is 420 g/mol. The Kier molecular flexibility index (Phi) is 7.49. The molecule has 2 N–H and O–H groups in total. The lowest BCUT2D eigenvalue weighted by Gasteiger charge is -2.50. The van der Waals surface area contributed by atoms with Crippen molar-refractivity contribution in [1.29, 1.82) is 0 Å². The minimum atomic E-state index is -1.18. The first kappa shape index (κ1) is 25.2. The topological polar surface area (TPSA) is 96.4 Å². The summed E-state index contributed by atoms with van der Waals surface area (Å²) in [7, 11) is 1.40. The van der Waals surface area contributed by atoms with E-state index in [4.69, 9.17) is 14.6 Å². The van der Waals surface area contributed by atoms with Crippen LogP contribution in [0.3, 0.4) is 0 Å². The zero-order valence-electron chi connectivity index (χ0n) is 20.2. The first-order valence-corrected chi connectivity index (χ1v) is 11.7. The third-order valence-corrected chi connectivity index (χ3v) is 7.76. The lowest BCUT2D eigenvalue weighted by molar-refractivity contribution is -0.136. The van der Waals surface area contributed by atoms with Crippen molar-refractivity contribution in [2.75, 3.05) is 7.11 Å². The third-order valence-electron chi connectivity index (χ3n) is 7.76. The van der Waals surface area contributed by atoms with Gasteiger partial charge in [0.15, 0.2) is 0 Å². The molecule has 0 amide bonds. The van der Waals surface area contributed by atoms with Crippen LogP contribution in [0.4, 0.5) is 0 Å². The number of epoxide rings is 1. The number of methoxy groups -OCH3 is 1. The molecule has 0 saturated carbocycles. The number of esters is 1. The number of rotatable bonds is 8. The maximum atomic E-state index is 12.3. The molecule has 3 rings (SSSR count). The average Bonchev–Trinajstić information content (AvgIpc) is 3.49. The molecule has 180 valence electrons. The molecule has 1 fully saturated rings. The van der Waals surface area contributed by atoms with Crippen molar-refractivity contribution in [3.8, 4) is 0 Å². The fourth-order valence-electron chi connectivity index (χ4n) is 5.72. The Morgan fingerprint density at radius 3 is 2.64 bits per heavy atom. The van der Waals surface area contributed by atoms with Crippen molar-refractivity contribution < 1.29 is 29.3 Å². The lowest BCUT2D eigenvalue weighted by atomic mass is 9.56. The zero-order chi connectivity index (χ0) is 24.4. The van der Waals surface area contributed by atoms with Gasteiger partial charge in [-0.15, -0.1) is 0 Å². The number of allylic oxidation sites excluding steroid dienone is 6. The largest absolute Gasteiger partial charge is 0.478 e. The molecule has 7 atom stereocenters. The van der Waals surface area contributed by atoms with Gasteiger partial charge in [-0.3, -0.25) is 0 Å². The normalized spacial score (nSPS) is 37.0. The zero-order valence-corrected chi connectivity index (χ0v) is 20.2. The molecule has 0 aromatic carbocycles. The van der Waals surface area contributed by atoms with Gasteiger partial charge in [-0.1, -0.05) is 62.8 Å². The van der Waals surface area contributed by atoms with E-state index in [1.54, 1.807) is 12.2 Å². The monoisotopic (exact) mass is 456 g/mol. The van der Waals surface area contributed by atoms with E-state index in [0.29, 0.717) is 24.3 Å². The molecule has 33 heavy (non-hydrogen) atoms. The molecule has 7 unspecified atom stereocenters. The summed E-state index contributed by atoms with van der Waals surface area (Å²) in [5.41, 5.74) is -0.323. The number of carbonyl (C=O) groups is 2. The van der Waals surface area contributed by atoms with Gasteiger partial charge >= 0.3 is 11.9 Å². The predicted molar refractivity (Wildman–Crippen MR) is 126 cm³/mol. The van der Waals surface area contributed by atoms with Gasteiger partial charge in [-0.25, -0.2) is 9.59 Å². The Morgan fingerprint density at radius 1 is 1.30 bits per heavy atom. The van der Waals surface area contributed by atoms with Crippen molar-refractivity contribution in [2.45, 2.75) is 64.3 Å². The Morgan fingerprint density at radius 2 is 2.00 bits per heavy atom. The number of fused-ring (bicyclic) bond motifs is 1. The number of hydrogen-bond acceptors (Lipinski definition) is 5. The van der Waals surface area contributed by atoms with Crippen LogP contribution in [0.1, 0.15) is 47.0 Å². The van der Waals surface area contributed by atoms with Gasteiger partial charge in [0.05, 0.1) is 13.2 Å². The number of ether oxygens (including phenoxy) is 2. The summed E-state index contributed by atoms with van der Waals surface area (Å²) in [5.74, 6) is -0.985. The number of carboxylic acid groups (broad SMARTS) is 1. The molecule has 6 heteroatoms. The van der Waals surface area contributed by atoms with Crippen molar-refractivity contribution in [2.24, 2.45) is 23.7 Å². The van der Waals surface area contributed by atoms with Crippen LogP contribution in [-0.2, 0) is 19.1 Å². The highest BCUT2D eigenvalue weighted by Crippen LogP contribution is 2.60. The minimum absolute atomic E-state index is 0.0258. The van der Waals surface area contributed by atoms with E-state index in [9.17, 15) is 14.7 Å². The van der Waals surface area contributed by atoms with E-state index in [1.165, 1.54) is 13.2 Å².